The summed E-state index contributed by atoms with van der Waals surface area (Å²) in [4.78, 5) is 20.5. The number of hydrogen-bond donors (Lipinski definition) is 1. The van der Waals surface area contributed by atoms with Gasteiger partial charge in [0.05, 0.1) is 17.9 Å². The molecule has 0 saturated heterocycles. The fraction of sp³-hybridized carbons (Fsp3) is 0.208. The summed E-state index contributed by atoms with van der Waals surface area (Å²) in [6, 6.07) is 5.62. The second kappa shape index (κ2) is 9.14. The normalized spacial score (nSPS) is 19.9. The minimum absolute atomic E-state index is 0.179. The van der Waals surface area contributed by atoms with Crippen molar-refractivity contribution in [2.24, 2.45) is 0 Å². The van der Waals surface area contributed by atoms with E-state index < -0.39 is 76.5 Å². The van der Waals surface area contributed by atoms with Gasteiger partial charge in [-0.2, -0.15) is 13.2 Å². The molecule has 3 aromatic rings. The molecular formula is C24H16F6N2O3. The van der Waals surface area contributed by atoms with E-state index in [1.54, 1.807) is 0 Å². The maximum atomic E-state index is 14.3. The number of aromatic nitrogens is 2. The van der Waals surface area contributed by atoms with Gasteiger partial charge in [0.2, 0.25) is 5.60 Å². The number of nitrogens with zero attached hydrogens (tertiary/aromatic N) is 2. The lowest BCUT2D eigenvalue weighted by Crippen LogP contribution is -2.48. The summed E-state index contributed by atoms with van der Waals surface area (Å²) < 4.78 is 90.1. The molecule has 2 atom stereocenters. The van der Waals surface area contributed by atoms with E-state index in [2.05, 4.69) is 9.97 Å². The van der Waals surface area contributed by atoms with Gasteiger partial charge in [-0.25, -0.2) is 18.2 Å². The van der Waals surface area contributed by atoms with Crippen molar-refractivity contribution in [3.8, 4) is 11.3 Å². The summed E-state index contributed by atoms with van der Waals surface area (Å²) >= 11 is 0. The zero-order valence-electron chi connectivity index (χ0n) is 17.7. The average molecular weight is 494 g/mol. The van der Waals surface area contributed by atoms with Crippen LogP contribution in [0.25, 0.3) is 11.3 Å². The van der Waals surface area contributed by atoms with Crippen LogP contribution in [-0.4, -0.2) is 33.1 Å². The number of aliphatic hydroxyl groups is 1. The molecule has 0 aliphatic carbocycles. The van der Waals surface area contributed by atoms with Crippen molar-refractivity contribution in [3.63, 3.8) is 0 Å². The third-order valence-corrected chi connectivity index (χ3v) is 5.55. The zero-order valence-corrected chi connectivity index (χ0v) is 17.7. The molecule has 0 radical (unpaired) electrons. The van der Waals surface area contributed by atoms with E-state index in [0.717, 1.165) is 61.1 Å². The van der Waals surface area contributed by atoms with Crippen molar-refractivity contribution in [2.75, 3.05) is 0 Å². The van der Waals surface area contributed by atoms with Crippen LogP contribution in [0, 0.1) is 17.5 Å². The third-order valence-electron chi connectivity index (χ3n) is 5.55. The SMILES string of the molecule is O=C(Cc1cnccc1[C@]1(C(F)(F)F)C[C@H](O)C=CO1)c1ccc(F)c(-c2c(F)cccc2F)n1. The molecule has 0 spiro atoms. The van der Waals surface area contributed by atoms with Gasteiger partial charge in [-0.15, -0.1) is 0 Å². The topological polar surface area (TPSA) is 72.3 Å². The van der Waals surface area contributed by atoms with Crippen LogP contribution in [0.1, 0.15) is 28.0 Å². The summed E-state index contributed by atoms with van der Waals surface area (Å²) in [6.07, 6.45) is -4.03. The molecule has 1 aliphatic heterocycles. The van der Waals surface area contributed by atoms with E-state index in [1.807, 2.05) is 0 Å². The first kappa shape index (κ1) is 24.4. The Labute approximate surface area is 194 Å². The molecule has 3 heterocycles. The quantitative estimate of drug-likeness (QED) is 0.398. The largest absolute Gasteiger partial charge is 0.481 e. The number of halogens is 6. The number of ketones is 1. The van der Waals surface area contributed by atoms with Gasteiger partial charge in [-0.1, -0.05) is 6.07 Å². The molecule has 182 valence electrons. The highest BCUT2D eigenvalue weighted by Gasteiger charge is 2.60. The molecule has 1 aromatic carbocycles. The lowest BCUT2D eigenvalue weighted by atomic mass is 9.82. The van der Waals surface area contributed by atoms with Gasteiger partial charge in [-0.3, -0.25) is 9.78 Å². The van der Waals surface area contributed by atoms with E-state index in [0.29, 0.717) is 0 Å². The lowest BCUT2D eigenvalue weighted by Gasteiger charge is -2.39. The van der Waals surface area contributed by atoms with Gasteiger partial charge in [-0.05, 0) is 42.0 Å². The maximum absolute atomic E-state index is 14.3. The first-order chi connectivity index (χ1) is 16.5. The second-order valence-electron chi connectivity index (χ2n) is 7.80. The molecule has 0 unspecified atom stereocenters. The molecule has 1 aliphatic rings. The van der Waals surface area contributed by atoms with Gasteiger partial charge in [0, 0.05) is 30.8 Å². The lowest BCUT2D eigenvalue weighted by molar-refractivity contribution is -0.279. The molecule has 0 amide bonds. The summed E-state index contributed by atoms with van der Waals surface area (Å²) in [5.41, 5.74) is -5.54. The average Bonchev–Trinajstić information content (AvgIpc) is 2.79. The number of pyridine rings is 2. The number of aliphatic hydroxyl groups excluding tert-OH is 1. The van der Waals surface area contributed by atoms with Crippen molar-refractivity contribution in [1.82, 2.24) is 9.97 Å². The molecule has 2 aromatic heterocycles. The molecule has 11 heteroatoms. The van der Waals surface area contributed by atoms with E-state index in [4.69, 9.17) is 4.74 Å². The van der Waals surface area contributed by atoms with Crippen LogP contribution >= 0.6 is 0 Å². The summed E-state index contributed by atoms with van der Waals surface area (Å²) in [5.74, 6) is -4.17. The predicted molar refractivity (Wildman–Crippen MR) is 110 cm³/mol. The van der Waals surface area contributed by atoms with Crippen molar-refractivity contribution in [2.45, 2.75) is 30.7 Å². The van der Waals surface area contributed by atoms with Crippen LogP contribution in [-0.2, 0) is 16.8 Å². The molecular weight excluding hydrogens is 478 g/mol. The maximum Gasteiger partial charge on any atom is 0.432 e. The highest BCUT2D eigenvalue weighted by Crippen LogP contribution is 2.48. The first-order valence-corrected chi connectivity index (χ1v) is 10.2. The zero-order chi connectivity index (χ0) is 25.4. The van der Waals surface area contributed by atoms with Gasteiger partial charge < -0.3 is 9.84 Å². The first-order valence-electron chi connectivity index (χ1n) is 10.2. The second-order valence-corrected chi connectivity index (χ2v) is 7.80. The van der Waals surface area contributed by atoms with Crippen LogP contribution < -0.4 is 0 Å². The number of alkyl halides is 3. The third kappa shape index (κ3) is 4.51. The highest BCUT2D eigenvalue weighted by atomic mass is 19.4. The number of benzene rings is 1. The van der Waals surface area contributed by atoms with Gasteiger partial charge in [0.25, 0.3) is 0 Å². The van der Waals surface area contributed by atoms with E-state index in [-0.39, 0.29) is 5.56 Å². The number of Topliss-reactive ketones (excluding diaryl/α,β-unsaturated/α-hetero) is 1. The van der Waals surface area contributed by atoms with E-state index >= 15 is 0 Å². The van der Waals surface area contributed by atoms with Crippen LogP contribution in [0.5, 0.6) is 0 Å². The monoisotopic (exact) mass is 494 g/mol. The molecule has 4 rings (SSSR count). The number of ether oxygens (including phenoxy) is 1. The Balaban J connectivity index is 1.73. The minimum Gasteiger partial charge on any atom is -0.481 e. The predicted octanol–water partition coefficient (Wildman–Crippen LogP) is 5.04. The van der Waals surface area contributed by atoms with Crippen LogP contribution in [0.4, 0.5) is 26.3 Å². The summed E-state index contributed by atoms with van der Waals surface area (Å²) in [5, 5.41) is 9.87. The minimum atomic E-state index is -4.97. The van der Waals surface area contributed by atoms with Crippen molar-refractivity contribution in [1.29, 1.82) is 0 Å². The van der Waals surface area contributed by atoms with E-state index in [9.17, 15) is 36.2 Å². The number of hydrogen-bond acceptors (Lipinski definition) is 5. The summed E-state index contributed by atoms with van der Waals surface area (Å²) in [7, 11) is 0. The van der Waals surface area contributed by atoms with Crippen LogP contribution in [0.15, 0.2) is 61.1 Å². The van der Waals surface area contributed by atoms with Gasteiger partial charge >= 0.3 is 6.18 Å². The highest BCUT2D eigenvalue weighted by molar-refractivity contribution is 5.96. The molecule has 1 N–H and O–H groups in total. The van der Waals surface area contributed by atoms with E-state index in [1.165, 1.54) is 0 Å². The molecule has 35 heavy (non-hydrogen) atoms. The number of rotatable bonds is 5. The smallest absolute Gasteiger partial charge is 0.432 e. The standard InChI is InChI=1S/C24H16F6N2O3/c25-16-2-1-3-17(26)21(16)22-18(27)4-5-19(32-22)20(34)10-13-12-31-8-6-15(13)23(24(28,29)30)11-14(33)7-9-35-23/h1-9,12,14,33H,10-11H2/t14-,23+/m1/s1. The molecule has 0 fully saturated rings. The van der Waals surface area contributed by atoms with Crippen LogP contribution in [0.3, 0.4) is 0 Å². The molecule has 0 saturated carbocycles. The fourth-order valence-electron chi connectivity index (χ4n) is 3.89. The van der Waals surface area contributed by atoms with Crippen LogP contribution in [0.2, 0.25) is 0 Å². The number of carbonyl (C=O) groups excluding carboxylic acids is 1. The Bertz CT molecular complexity index is 1290. The van der Waals surface area contributed by atoms with Crippen molar-refractivity contribution >= 4 is 5.78 Å². The Kier molecular flexibility index (Phi) is 6.37. The Morgan fingerprint density at radius 2 is 1.80 bits per heavy atom. The van der Waals surface area contributed by atoms with Crippen molar-refractivity contribution < 1.29 is 41.0 Å². The summed E-state index contributed by atoms with van der Waals surface area (Å²) in [6.45, 7) is 0. The van der Waals surface area contributed by atoms with Gasteiger partial charge in [0.15, 0.2) is 5.78 Å². The Morgan fingerprint density at radius 3 is 2.46 bits per heavy atom. The van der Waals surface area contributed by atoms with Gasteiger partial charge in [0.1, 0.15) is 28.8 Å². The Hall–Kier alpha value is -3.73. The molecule has 5 nitrogen and oxygen atoms in total. The van der Waals surface area contributed by atoms with Crippen molar-refractivity contribution in [3.05, 3.63) is 95.4 Å². The Morgan fingerprint density at radius 1 is 1.09 bits per heavy atom. The molecule has 0 bridgehead atoms. The fourth-order valence-corrected chi connectivity index (χ4v) is 3.89. The number of carbonyl (C=O) groups is 1.